The molecule has 0 fully saturated rings. The monoisotopic (exact) mass is 334 g/mol. The average molecular weight is 334 g/mol. The number of aliphatic carboxylic acids is 1. The van der Waals surface area contributed by atoms with Gasteiger partial charge in [0.15, 0.2) is 0 Å². The highest BCUT2D eigenvalue weighted by Gasteiger charge is 2.29. The molecular weight excluding hydrogens is 316 g/mol. The number of amides is 1. The van der Waals surface area contributed by atoms with E-state index in [1.165, 1.54) is 27.0 Å². The van der Waals surface area contributed by atoms with Crippen LogP contribution in [0.4, 0.5) is 0 Å². The van der Waals surface area contributed by atoms with Gasteiger partial charge in [-0.15, -0.1) is 11.3 Å². The number of nitrogens with zero attached hydrogens (tertiary/aromatic N) is 1. The molecule has 1 heterocycles. The van der Waals surface area contributed by atoms with Gasteiger partial charge < -0.3 is 10.4 Å². The van der Waals surface area contributed by atoms with Crippen LogP contribution < -0.4 is 5.32 Å². The number of hydrogen-bond acceptors (Lipinski definition) is 5. The van der Waals surface area contributed by atoms with Gasteiger partial charge in [-0.05, 0) is 25.3 Å². The third-order valence-corrected chi connectivity index (χ3v) is 6.01. The van der Waals surface area contributed by atoms with Crippen molar-refractivity contribution < 1.29 is 23.1 Å². The van der Waals surface area contributed by atoms with Crippen molar-refractivity contribution in [2.45, 2.75) is 18.1 Å². The largest absolute Gasteiger partial charge is 0.481 e. The molecule has 0 saturated heterocycles. The average Bonchev–Trinajstić information content (AvgIpc) is 2.90. The van der Waals surface area contributed by atoms with E-state index in [2.05, 4.69) is 5.32 Å². The molecule has 2 N–H and O–H groups in total. The Labute approximate surface area is 127 Å². The highest BCUT2D eigenvalue weighted by molar-refractivity contribution is 7.91. The molecule has 0 radical (unpaired) electrons. The van der Waals surface area contributed by atoms with Crippen LogP contribution in [0.1, 0.15) is 13.8 Å². The Bertz CT molecular complexity index is 608. The summed E-state index contributed by atoms with van der Waals surface area (Å²) in [5.41, 5.74) is -1.11. The lowest BCUT2D eigenvalue weighted by atomic mass is 9.94. The minimum absolute atomic E-state index is 0.0753. The topological polar surface area (TPSA) is 104 Å². The predicted molar refractivity (Wildman–Crippen MR) is 78.6 cm³/mol. The van der Waals surface area contributed by atoms with E-state index < -0.39 is 27.3 Å². The van der Waals surface area contributed by atoms with Gasteiger partial charge in [-0.3, -0.25) is 9.59 Å². The van der Waals surface area contributed by atoms with E-state index >= 15 is 0 Å². The van der Waals surface area contributed by atoms with E-state index in [0.717, 1.165) is 15.6 Å². The zero-order valence-corrected chi connectivity index (χ0v) is 13.6. The van der Waals surface area contributed by atoms with Crippen LogP contribution in [0.2, 0.25) is 0 Å². The second kappa shape index (κ2) is 6.54. The van der Waals surface area contributed by atoms with Gasteiger partial charge in [0.05, 0.1) is 12.0 Å². The fourth-order valence-electron chi connectivity index (χ4n) is 1.30. The summed E-state index contributed by atoms with van der Waals surface area (Å²) < 4.78 is 25.3. The van der Waals surface area contributed by atoms with Gasteiger partial charge >= 0.3 is 5.97 Å². The minimum Gasteiger partial charge on any atom is -0.481 e. The molecule has 1 aromatic heterocycles. The summed E-state index contributed by atoms with van der Waals surface area (Å²) in [6, 6.07) is 3.07. The number of carbonyl (C=O) groups is 2. The number of nitrogens with one attached hydrogen (secondary N) is 1. The van der Waals surface area contributed by atoms with Crippen LogP contribution in [0.15, 0.2) is 21.7 Å². The first-order valence-electron chi connectivity index (χ1n) is 6.07. The van der Waals surface area contributed by atoms with Crippen LogP contribution in [-0.2, 0) is 19.6 Å². The fraction of sp³-hybridized carbons (Fsp3) is 0.500. The zero-order chi connectivity index (χ0) is 16.3. The van der Waals surface area contributed by atoms with E-state index in [4.69, 9.17) is 5.11 Å². The van der Waals surface area contributed by atoms with Crippen LogP contribution in [-0.4, -0.2) is 49.8 Å². The normalized spacial score (nSPS) is 12.4. The molecule has 0 saturated carbocycles. The van der Waals surface area contributed by atoms with Crippen molar-refractivity contribution in [3.63, 3.8) is 0 Å². The van der Waals surface area contributed by atoms with Crippen molar-refractivity contribution in [2.24, 2.45) is 5.41 Å². The number of hydrogen-bond donors (Lipinski definition) is 2. The maximum Gasteiger partial charge on any atom is 0.310 e. The van der Waals surface area contributed by atoms with Crippen molar-refractivity contribution >= 4 is 33.2 Å². The lowest BCUT2D eigenvalue weighted by molar-refractivity contribution is -0.146. The Morgan fingerprint density at radius 2 is 2.05 bits per heavy atom. The molecule has 9 heteroatoms. The first kappa shape index (κ1) is 17.6. The van der Waals surface area contributed by atoms with Crippen LogP contribution in [0, 0.1) is 5.41 Å². The Kier molecular flexibility index (Phi) is 5.48. The molecule has 0 aliphatic rings. The first-order valence-corrected chi connectivity index (χ1v) is 8.39. The standard InChI is InChI=1S/C12H18N2O5S2/c1-12(2,11(16)17)8-13-9(15)7-14(3)21(18,19)10-5-4-6-20-10/h4-6H,7-8H2,1-3H3,(H,13,15)(H,16,17). The van der Waals surface area contributed by atoms with Gasteiger partial charge in [-0.2, -0.15) is 4.31 Å². The lowest BCUT2D eigenvalue weighted by Crippen LogP contribution is -2.43. The summed E-state index contributed by atoms with van der Waals surface area (Å²) >= 11 is 1.07. The first-order chi connectivity index (χ1) is 9.57. The summed E-state index contributed by atoms with van der Waals surface area (Å²) in [4.78, 5) is 22.6. The molecule has 0 atom stereocenters. The van der Waals surface area contributed by atoms with E-state index in [9.17, 15) is 18.0 Å². The minimum atomic E-state index is -3.69. The molecule has 0 aliphatic carbocycles. The highest BCUT2D eigenvalue weighted by atomic mass is 32.2. The molecule has 7 nitrogen and oxygen atoms in total. The maximum absolute atomic E-state index is 12.1. The van der Waals surface area contributed by atoms with Gasteiger partial charge in [0.2, 0.25) is 5.91 Å². The number of likely N-dealkylation sites (N-methyl/N-ethyl adjacent to an activating group) is 1. The van der Waals surface area contributed by atoms with Gasteiger partial charge in [-0.25, -0.2) is 8.42 Å². The van der Waals surface area contributed by atoms with E-state index in [0.29, 0.717) is 0 Å². The molecule has 0 unspecified atom stereocenters. The van der Waals surface area contributed by atoms with Crippen LogP contribution in [0.3, 0.4) is 0 Å². The van der Waals surface area contributed by atoms with E-state index in [-0.39, 0.29) is 17.3 Å². The fourth-order valence-corrected chi connectivity index (χ4v) is 3.63. The smallest absolute Gasteiger partial charge is 0.310 e. The zero-order valence-electron chi connectivity index (χ0n) is 12.0. The Morgan fingerprint density at radius 1 is 1.43 bits per heavy atom. The summed E-state index contributed by atoms with van der Waals surface area (Å²) in [6.07, 6.45) is 0. The second-order valence-corrected chi connectivity index (χ2v) is 8.38. The van der Waals surface area contributed by atoms with Crippen molar-refractivity contribution in [1.29, 1.82) is 0 Å². The molecule has 21 heavy (non-hydrogen) atoms. The van der Waals surface area contributed by atoms with Crippen LogP contribution in [0.5, 0.6) is 0 Å². The predicted octanol–water partition coefficient (Wildman–Crippen LogP) is 0.596. The molecule has 0 aliphatic heterocycles. The van der Waals surface area contributed by atoms with Crippen LogP contribution >= 0.6 is 11.3 Å². The molecule has 1 aromatic rings. The number of thiophene rings is 1. The number of carboxylic acids is 1. The van der Waals surface area contributed by atoms with Crippen molar-refractivity contribution in [3.05, 3.63) is 17.5 Å². The molecule has 1 amide bonds. The van der Waals surface area contributed by atoms with E-state index in [1.54, 1.807) is 11.4 Å². The lowest BCUT2D eigenvalue weighted by Gasteiger charge is -2.21. The number of sulfonamides is 1. The maximum atomic E-state index is 12.1. The SMILES string of the molecule is CN(CC(=O)NCC(C)(C)C(=O)O)S(=O)(=O)c1cccs1. The summed E-state index contributed by atoms with van der Waals surface area (Å²) in [6.45, 7) is 2.51. The molecule has 118 valence electrons. The second-order valence-electron chi connectivity index (χ2n) is 5.16. The highest BCUT2D eigenvalue weighted by Crippen LogP contribution is 2.19. The van der Waals surface area contributed by atoms with Gasteiger partial charge in [0, 0.05) is 13.6 Å². The number of carbonyl (C=O) groups excluding carboxylic acids is 1. The summed E-state index contributed by atoms with van der Waals surface area (Å²) in [5.74, 6) is -1.59. The molecule has 0 spiro atoms. The van der Waals surface area contributed by atoms with Gasteiger partial charge in [-0.1, -0.05) is 6.07 Å². The molecule has 0 bridgehead atoms. The Morgan fingerprint density at radius 3 is 2.52 bits per heavy atom. The Balaban J connectivity index is 2.62. The van der Waals surface area contributed by atoms with Crippen LogP contribution in [0.25, 0.3) is 0 Å². The third kappa shape index (κ3) is 4.51. The van der Waals surface area contributed by atoms with Gasteiger partial charge in [0.1, 0.15) is 4.21 Å². The van der Waals surface area contributed by atoms with Gasteiger partial charge in [0.25, 0.3) is 10.0 Å². The summed E-state index contributed by atoms with van der Waals surface area (Å²) in [7, 11) is -2.38. The third-order valence-electron chi connectivity index (χ3n) is 2.83. The summed E-state index contributed by atoms with van der Waals surface area (Å²) in [5, 5.41) is 13.0. The molecule has 0 aromatic carbocycles. The number of rotatable bonds is 7. The van der Waals surface area contributed by atoms with Crippen molar-refractivity contribution in [3.8, 4) is 0 Å². The Hall–Kier alpha value is -1.45. The molecule has 1 rings (SSSR count). The van der Waals surface area contributed by atoms with Crippen molar-refractivity contribution in [2.75, 3.05) is 20.1 Å². The molecular formula is C12H18N2O5S2. The quantitative estimate of drug-likeness (QED) is 0.760. The van der Waals surface area contributed by atoms with E-state index in [1.807, 2.05) is 0 Å². The van der Waals surface area contributed by atoms with Crippen molar-refractivity contribution in [1.82, 2.24) is 9.62 Å². The number of carboxylic acid groups (broad SMARTS) is 1.